The predicted molar refractivity (Wildman–Crippen MR) is 31.8 cm³/mol. The first-order valence-corrected chi connectivity index (χ1v) is 3.12. The van der Waals surface area contributed by atoms with Gasteiger partial charge in [0.05, 0.1) is 12.8 Å². The minimum absolute atomic E-state index is 0.0631. The molecule has 0 spiro atoms. The maximum atomic E-state index is 10.7. The molecule has 5 heteroatoms. The summed E-state index contributed by atoms with van der Waals surface area (Å²) in [6, 6.07) is 0. The van der Waals surface area contributed by atoms with Crippen molar-refractivity contribution < 1.29 is 13.3 Å². The van der Waals surface area contributed by atoms with Crippen molar-refractivity contribution in [2.75, 3.05) is 0 Å². The van der Waals surface area contributed by atoms with Gasteiger partial charge < -0.3 is 5.21 Å². The second-order valence-corrected chi connectivity index (χ2v) is 2.82. The number of hydroxylamine groups is 2. The molecule has 9 heavy (non-hydrogen) atoms. The summed E-state index contributed by atoms with van der Waals surface area (Å²) in [6.07, 6.45) is 0.126. The van der Waals surface area contributed by atoms with E-state index >= 15 is 0 Å². The van der Waals surface area contributed by atoms with E-state index in [9.17, 15) is 14.8 Å². The predicted octanol–water partition coefficient (Wildman–Crippen LogP) is 0.458. The molecular formula is C4H4BrNO3. The fraction of sp³-hybridized carbons (Fsp3) is 0.500. The fourth-order valence-electron chi connectivity index (χ4n) is 0.641. The van der Waals surface area contributed by atoms with Crippen LogP contribution in [0, 0.1) is 5.21 Å². The van der Waals surface area contributed by atoms with Crippen LogP contribution in [0.5, 0.6) is 0 Å². The molecule has 0 N–H and O–H groups in total. The van der Waals surface area contributed by atoms with Gasteiger partial charge in [-0.15, -0.1) is 0 Å². The van der Waals surface area contributed by atoms with Crippen LogP contribution in [0.25, 0.3) is 0 Å². The number of rotatable bonds is 0. The lowest BCUT2D eigenvalue weighted by molar-refractivity contribution is -0.553. The molecule has 0 aromatic heterocycles. The molecule has 0 aromatic rings. The average Bonchev–Trinajstić information content (AvgIpc) is 1.96. The van der Waals surface area contributed by atoms with Gasteiger partial charge in [-0.05, 0) is 0 Å². The zero-order valence-corrected chi connectivity index (χ0v) is 6.05. The van der Waals surface area contributed by atoms with Gasteiger partial charge in [-0.3, -0.25) is 0 Å². The minimum atomic E-state index is -1.49. The van der Waals surface area contributed by atoms with Gasteiger partial charge in [0.2, 0.25) is 16.1 Å². The third-order valence-electron chi connectivity index (χ3n) is 1.19. The van der Waals surface area contributed by atoms with E-state index in [1.807, 2.05) is 0 Å². The van der Waals surface area contributed by atoms with Crippen LogP contribution in [-0.2, 0) is 9.59 Å². The van der Waals surface area contributed by atoms with Crippen molar-refractivity contribution in [3.05, 3.63) is 5.21 Å². The molecule has 0 aromatic carbocycles. The molecule has 4 nitrogen and oxygen atoms in total. The molecule has 1 saturated heterocycles. The van der Waals surface area contributed by atoms with Crippen LogP contribution in [0.15, 0.2) is 0 Å². The van der Waals surface area contributed by atoms with Gasteiger partial charge in [0.1, 0.15) is 0 Å². The summed E-state index contributed by atoms with van der Waals surface area (Å²) in [5.41, 5.74) is 0. The lowest BCUT2D eigenvalue weighted by atomic mass is 10.4. The standard InChI is InChI=1S/C4H4BrNO3/c5-6(9)3(7)1-2-4(6)8/h1-2H2. The van der Waals surface area contributed by atoms with Crippen LogP contribution in [0.4, 0.5) is 0 Å². The molecule has 1 fully saturated rings. The van der Waals surface area contributed by atoms with E-state index in [-0.39, 0.29) is 12.8 Å². The highest BCUT2D eigenvalue weighted by Gasteiger charge is 2.41. The number of nitrogens with zero attached hydrogens (tertiary/aromatic N) is 1. The molecule has 50 valence electrons. The zero-order chi connectivity index (χ0) is 7.07. The number of halogens is 1. The molecular weight excluding hydrogens is 190 g/mol. The van der Waals surface area contributed by atoms with E-state index in [0.29, 0.717) is 0 Å². The lowest BCUT2D eigenvalue weighted by Gasteiger charge is -2.21. The Morgan fingerprint density at radius 2 is 1.67 bits per heavy atom. The molecule has 0 unspecified atom stereocenters. The number of amides is 2. The molecule has 0 bridgehead atoms. The first-order valence-electron chi connectivity index (χ1n) is 2.41. The van der Waals surface area contributed by atoms with Crippen molar-refractivity contribution in [3.8, 4) is 0 Å². The summed E-state index contributed by atoms with van der Waals surface area (Å²) < 4.78 is -1.49. The Bertz CT molecular complexity index is 159. The topological polar surface area (TPSA) is 57.2 Å². The highest BCUT2D eigenvalue weighted by atomic mass is 79.9. The molecule has 0 radical (unpaired) electrons. The molecule has 1 rings (SSSR count). The summed E-state index contributed by atoms with van der Waals surface area (Å²) >= 11 is 2.46. The average molecular weight is 194 g/mol. The van der Waals surface area contributed by atoms with Crippen molar-refractivity contribution >= 4 is 28.0 Å². The van der Waals surface area contributed by atoms with E-state index in [1.54, 1.807) is 0 Å². The Labute approximate surface area is 59.9 Å². The van der Waals surface area contributed by atoms with Gasteiger partial charge in [-0.1, -0.05) is 0 Å². The van der Waals surface area contributed by atoms with Crippen molar-refractivity contribution in [3.63, 3.8) is 0 Å². The van der Waals surface area contributed by atoms with Gasteiger partial charge in [0.25, 0.3) is 0 Å². The fourth-order valence-corrected chi connectivity index (χ4v) is 0.995. The SMILES string of the molecule is O=C1CCC(=O)[N+]1([O-])Br. The smallest absolute Gasteiger partial charge is 0.332 e. The second-order valence-electron chi connectivity index (χ2n) is 1.82. The quantitative estimate of drug-likeness (QED) is 0.319. The summed E-state index contributed by atoms with van der Waals surface area (Å²) in [4.78, 5) is 21.0. The Balaban J connectivity index is 2.91. The highest BCUT2D eigenvalue weighted by molar-refractivity contribution is 9.05. The van der Waals surface area contributed by atoms with Crippen LogP contribution >= 0.6 is 16.1 Å². The summed E-state index contributed by atoms with van der Waals surface area (Å²) in [5, 5.41) is 10.7. The van der Waals surface area contributed by atoms with Crippen molar-refractivity contribution in [2.24, 2.45) is 0 Å². The van der Waals surface area contributed by atoms with Crippen LogP contribution < -0.4 is 0 Å². The number of hydrogen-bond donors (Lipinski definition) is 0. The van der Waals surface area contributed by atoms with Gasteiger partial charge in [0.15, 0.2) is 0 Å². The largest absolute Gasteiger partial charge is 0.606 e. The number of carbonyl (C=O) groups excluding carboxylic acids is 2. The van der Waals surface area contributed by atoms with Gasteiger partial charge in [-0.25, -0.2) is 9.59 Å². The minimum Gasteiger partial charge on any atom is -0.606 e. The molecule has 1 aliphatic heterocycles. The number of quaternary nitrogens is 1. The summed E-state index contributed by atoms with van der Waals surface area (Å²) in [6.45, 7) is 0. The molecule has 1 aliphatic rings. The maximum absolute atomic E-state index is 10.7. The summed E-state index contributed by atoms with van der Waals surface area (Å²) in [5.74, 6) is -1.22. The monoisotopic (exact) mass is 193 g/mol. The molecule has 0 atom stereocenters. The third kappa shape index (κ3) is 0.910. The van der Waals surface area contributed by atoms with E-state index in [2.05, 4.69) is 16.1 Å². The van der Waals surface area contributed by atoms with Crippen molar-refractivity contribution in [2.45, 2.75) is 12.8 Å². The van der Waals surface area contributed by atoms with E-state index in [0.717, 1.165) is 0 Å². The van der Waals surface area contributed by atoms with E-state index < -0.39 is 15.5 Å². The van der Waals surface area contributed by atoms with Crippen LogP contribution in [0.3, 0.4) is 0 Å². The zero-order valence-electron chi connectivity index (χ0n) is 4.46. The number of carbonyl (C=O) groups is 2. The Hall–Kier alpha value is -0.260. The van der Waals surface area contributed by atoms with Crippen molar-refractivity contribution in [1.29, 1.82) is 0 Å². The lowest BCUT2D eigenvalue weighted by Crippen LogP contribution is -2.35. The molecule has 1 heterocycles. The maximum Gasteiger partial charge on any atom is 0.332 e. The van der Waals surface area contributed by atoms with E-state index in [1.165, 1.54) is 0 Å². The van der Waals surface area contributed by atoms with Crippen molar-refractivity contribution in [1.82, 2.24) is 0 Å². The molecule has 2 amide bonds. The molecule has 0 aliphatic carbocycles. The highest BCUT2D eigenvalue weighted by Crippen LogP contribution is 2.25. The van der Waals surface area contributed by atoms with Crippen LogP contribution in [-0.4, -0.2) is 15.5 Å². The Kier molecular flexibility index (Phi) is 1.42. The van der Waals surface area contributed by atoms with Gasteiger partial charge in [-0.2, -0.15) is 3.67 Å². The van der Waals surface area contributed by atoms with Crippen LogP contribution in [0.2, 0.25) is 0 Å². The van der Waals surface area contributed by atoms with Crippen LogP contribution in [0.1, 0.15) is 12.8 Å². The first-order chi connectivity index (χ1) is 4.05. The normalized spacial score (nSPS) is 25.1. The van der Waals surface area contributed by atoms with Gasteiger partial charge >= 0.3 is 11.8 Å². The van der Waals surface area contributed by atoms with E-state index in [4.69, 9.17) is 0 Å². The van der Waals surface area contributed by atoms with Gasteiger partial charge in [0, 0.05) is 0 Å². The number of imide groups is 1. The first kappa shape index (κ1) is 6.85. The second kappa shape index (κ2) is 1.86. The Morgan fingerprint density at radius 3 is 1.78 bits per heavy atom. The number of hydrogen-bond acceptors (Lipinski definition) is 3. The Morgan fingerprint density at radius 1 is 1.33 bits per heavy atom. The molecule has 0 saturated carbocycles. The summed E-state index contributed by atoms with van der Waals surface area (Å²) in [7, 11) is 0. The third-order valence-corrected chi connectivity index (χ3v) is 1.99.